The smallest absolute Gasteiger partial charge is 0.416 e. The molecule has 0 aliphatic carbocycles. The van der Waals surface area contributed by atoms with Crippen LogP contribution in [0, 0.1) is 0 Å². The zero-order valence-corrected chi connectivity index (χ0v) is 14.9. The van der Waals surface area contributed by atoms with Gasteiger partial charge in [0.25, 0.3) is 0 Å². The number of nitrogens with zero attached hydrogens (tertiary/aromatic N) is 1. The van der Waals surface area contributed by atoms with Gasteiger partial charge in [0, 0.05) is 18.9 Å². The summed E-state index contributed by atoms with van der Waals surface area (Å²) in [5.41, 5.74) is 1.03. The molecule has 0 bridgehead atoms. The summed E-state index contributed by atoms with van der Waals surface area (Å²) in [4.78, 5) is 11.0. The van der Waals surface area contributed by atoms with Crippen molar-refractivity contribution < 1.29 is 23.1 Å². The van der Waals surface area contributed by atoms with Gasteiger partial charge in [-0.1, -0.05) is 44.2 Å². The van der Waals surface area contributed by atoms with Crippen molar-refractivity contribution in [3.63, 3.8) is 0 Å². The van der Waals surface area contributed by atoms with Crippen molar-refractivity contribution in [3.05, 3.63) is 72.1 Å². The maximum Gasteiger partial charge on any atom is 0.416 e. The summed E-state index contributed by atoms with van der Waals surface area (Å²) in [5, 5.41) is 9.01. The molecule has 0 spiro atoms. The molecule has 0 unspecified atom stereocenters. The molecule has 1 N–H and O–H groups in total. The Morgan fingerprint density at radius 1 is 1.19 bits per heavy atom. The molecular formula is C20H22F3NO2. The minimum Gasteiger partial charge on any atom is -0.478 e. The third kappa shape index (κ3) is 5.95. The van der Waals surface area contributed by atoms with Crippen molar-refractivity contribution >= 4 is 5.97 Å². The number of aromatic nitrogens is 1. The van der Waals surface area contributed by atoms with E-state index in [-0.39, 0.29) is 12.1 Å². The Kier molecular flexibility index (Phi) is 7.90. The summed E-state index contributed by atoms with van der Waals surface area (Å²) in [6.07, 6.45) is 2.63. The Labute approximate surface area is 151 Å². The van der Waals surface area contributed by atoms with Gasteiger partial charge in [-0.05, 0) is 36.2 Å². The van der Waals surface area contributed by atoms with Crippen LogP contribution in [-0.4, -0.2) is 21.8 Å². The molecule has 3 nitrogen and oxygen atoms in total. The van der Waals surface area contributed by atoms with E-state index in [9.17, 15) is 18.0 Å². The second kappa shape index (κ2) is 9.65. The molecule has 0 radical (unpaired) electrons. The summed E-state index contributed by atoms with van der Waals surface area (Å²) in [6.45, 7) is 5.63. The first-order chi connectivity index (χ1) is 12.3. The fourth-order valence-electron chi connectivity index (χ4n) is 2.21. The number of alkyl halides is 3. The van der Waals surface area contributed by atoms with Crippen molar-refractivity contribution in [1.82, 2.24) is 4.57 Å². The average molecular weight is 365 g/mol. The molecule has 0 aliphatic heterocycles. The molecule has 2 aromatic rings. The number of halogens is 3. The maximum absolute atomic E-state index is 12.6. The quantitative estimate of drug-likeness (QED) is 0.666. The molecule has 0 aliphatic rings. The number of carboxylic acids is 1. The van der Waals surface area contributed by atoms with Gasteiger partial charge < -0.3 is 9.67 Å². The predicted molar refractivity (Wildman–Crippen MR) is 97.1 cm³/mol. The second-order valence-electron chi connectivity index (χ2n) is 5.13. The molecule has 1 aromatic heterocycles. The number of rotatable bonds is 5. The number of hydrogen-bond donors (Lipinski definition) is 1. The Morgan fingerprint density at radius 3 is 2.46 bits per heavy atom. The molecule has 0 amide bonds. The Balaban J connectivity index is 0.00000163. The van der Waals surface area contributed by atoms with Gasteiger partial charge >= 0.3 is 12.1 Å². The zero-order chi connectivity index (χ0) is 19.7. The van der Waals surface area contributed by atoms with Gasteiger partial charge in [0.1, 0.15) is 0 Å². The first-order valence-corrected chi connectivity index (χ1v) is 8.21. The fourth-order valence-corrected chi connectivity index (χ4v) is 2.21. The molecule has 0 saturated carbocycles. The van der Waals surface area contributed by atoms with Crippen LogP contribution < -0.4 is 0 Å². The number of carboxylic acid groups (broad SMARTS) is 1. The highest BCUT2D eigenvalue weighted by Gasteiger charge is 2.30. The average Bonchev–Trinajstić information content (AvgIpc) is 3.08. The number of carbonyl (C=O) groups is 1. The first kappa shape index (κ1) is 21.3. The third-order valence-corrected chi connectivity index (χ3v) is 3.45. The minimum atomic E-state index is -4.36. The molecule has 0 saturated heterocycles. The van der Waals surface area contributed by atoms with E-state index in [4.69, 9.17) is 5.11 Å². The van der Waals surface area contributed by atoms with Crippen LogP contribution >= 0.6 is 0 Å². The van der Waals surface area contributed by atoms with Gasteiger partial charge in [0.15, 0.2) is 0 Å². The van der Waals surface area contributed by atoms with Gasteiger partial charge in [-0.3, -0.25) is 0 Å². The Hall–Kier alpha value is -2.76. The van der Waals surface area contributed by atoms with E-state index >= 15 is 0 Å². The summed E-state index contributed by atoms with van der Waals surface area (Å²) in [6, 6.07) is 8.27. The van der Waals surface area contributed by atoms with E-state index in [0.29, 0.717) is 0 Å². The van der Waals surface area contributed by atoms with Crippen molar-refractivity contribution in [2.24, 2.45) is 0 Å². The van der Waals surface area contributed by atoms with Crippen LogP contribution in [0.5, 0.6) is 0 Å². The second-order valence-corrected chi connectivity index (χ2v) is 5.13. The first-order valence-electron chi connectivity index (χ1n) is 8.21. The molecule has 140 valence electrons. The van der Waals surface area contributed by atoms with E-state index in [1.165, 1.54) is 19.1 Å². The van der Waals surface area contributed by atoms with E-state index in [1.807, 2.05) is 13.8 Å². The summed E-state index contributed by atoms with van der Waals surface area (Å²) in [7, 11) is 0. The van der Waals surface area contributed by atoms with Gasteiger partial charge in [0.05, 0.1) is 11.1 Å². The SMILES string of the molecule is C/C=C(\C=C/Cn1ccc(-c2cccc(C(=O)O)c2)c1)C(F)(F)F.CC. The highest BCUT2D eigenvalue weighted by molar-refractivity contribution is 5.89. The monoisotopic (exact) mass is 365 g/mol. The Morgan fingerprint density at radius 2 is 1.88 bits per heavy atom. The molecule has 0 atom stereocenters. The largest absolute Gasteiger partial charge is 0.478 e. The summed E-state index contributed by atoms with van der Waals surface area (Å²) in [5.74, 6) is -1.01. The maximum atomic E-state index is 12.6. The van der Waals surface area contributed by atoms with Crippen molar-refractivity contribution in [1.29, 1.82) is 0 Å². The van der Waals surface area contributed by atoms with Crippen molar-refractivity contribution in [2.45, 2.75) is 33.5 Å². The molecule has 26 heavy (non-hydrogen) atoms. The van der Waals surface area contributed by atoms with Crippen LogP contribution in [0.15, 0.2) is 66.5 Å². The van der Waals surface area contributed by atoms with Crippen LogP contribution in [-0.2, 0) is 6.54 Å². The fraction of sp³-hybridized carbons (Fsp3) is 0.250. The zero-order valence-electron chi connectivity index (χ0n) is 14.9. The van der Waals surface area contributed by atoms with Crippen LogP contribution in [0.3, 0.4) is 0 Å². The summed E-state index contributed by atoms with van der Waals surface area (Å²) >= 11 is 0. The molecule has 0 fully saturated rings. The van der Waals surface area contributed by atoms with Gasteiger partial charge in [-0.15, -0.1) is 0 Å². The minimum absolute atomic E-state index is 0.183. The highest BCUT2D eigenvalue weighted by Crippen LogP contribution is 2.26. The number of hydrogen-bond acceptors (Lipinski definition) is 1. The number of aromatic carboxylic acids is 1. The van der Waals surface area contributed by atoms with Gasteiger partial charge in [-0.25, -0.2) is 4.79 Å². The summed E-state index contributed by atoms with van der Waals surface area (Å²) < 4.78 is 39.5. The lowest BCUT2D eigenvalue weighted by Gasteiger charge is -2.06. The lowest BCUT2D eigenvalue weighted by Crippen LogP contribution is -2.09. The van der Waals surface area contributed by atoms with Crippen molar-refractivity contribution in [2.75, 3.05) is 0 Å². The molecular weight excluding hydrogens is 343 g/mol. The topological polar surface area (TPSA) is 42.2 Å². The van der Waals surface area contributed by atoms with E-state index in [2.05, 4.69) is 0 Å². The normalized spacial score (nSPS) is 12.0. The number of benzene rings is 1. The molecule has 1 aromatic carbocycles. The molecule has 6 heteroatoms. The molecule has 1 heterocycles. The van der Waals surface area contributed by atoms with Crippen LogP contribution in [0.4, 0.5) is 13.2 Å². The molecule has 2 rings (SSSR count). The van der Waals surface area contributed by atoms with Crippen LogP contribution in [0.1, 0.15) is 31.1 Å². The van der Waals surface area contributed by atoms with Crippen LogP contribution in [0.2, 0.25) is 0 Å². The van der Waals surface area contributed by atoms with Crippen molar-refractivity contribution in [3.8, 4) is 11.1 Å². The van der Waals surface area contributed by atoms with Crippen LogP contribution in [0.25, 0.3) is 11.1 Å². The highest BCUT2D eigenvalue weighted by atomic mass is 19.4. The standard InChI is InChI=1S/C18H16F3NO2.C2H6/c1-2-16(18(19,20)21)7-4-9-22-10-8-15(12-22)13-5-3-6-14(11-13)17(23)24;1-2/h2-8,10-12H,9H2,1H3,(H,23,24);1-2H3/b7-4-,16-2+;. The predicted octanol–water partition coefficient (Wildman–Crippen LogP) is 5.94. The van der Waals surface area contributed by atoms with Gasteiger partial charge in [0.2, 0.25) is 0 Å². The lowest BCUT2D eigenvalue weighted by molar-refractivity contribution is -0.0883. The van der Waals surface area contributed by atoms with Gasteiger partial charge in [-0.2, -0.15) is 13.2 Å². The van der Waals surface area contributed by atoms with E-state index in [1.54, 1.807) is 41.2 Å². The third-order valence-electron chi connectivity index (χ3n) is 3.45. The Bertz CT molecular complexity index is 786. The number of allylic oxidation sites excluding steroid dienone is 4. The lowest BCUT2D eigenvalue weighted by atomic mass is 10.1. The van der Waals surface area contributed by atoms with E-state index in [0.717, 1.165) is 23.3 Å². The van der Waals surface area contributed by atoms with E-state index < -0.39 is 17.7 Å².